The van der Waals surface area contributed by atoms with Gasteiger partial charge < -0.3 is 9.47 Å². The summed E-state index contributed by atoms with van der Waals surface area (Å²) in [4.78, 5) is 0. The maximum atomic E-state index is 5.45. The van der Waals surface area contributed by atoms with Crippen molar-refractivity contribution in [2.75, 3.05) is 13.2 Å². The van der Waals surface area contributed by atoms with Gasteiger partial charge in [0.2, 0.25) is 0 Å². The van der Waals surface area contributed by atoms with Crippen LogP contribution in [-0.4, -0.2) is 13.2 Å². The van der Waals surface area contributed by atoms with Crippen molar-refractivity contribution in [1.82, 2.24) is 0 Å². The summed E-state index contributed by atoms with van der Waals surface area (Å²) in [5.41, 5.74) is 0. The molecule has 60 valence electrons. The van der Waals surface area contributed by atoms with E-state index in [1.165, 1.54) is 5.77 Å². The molecule has 1 aliphatic rings. The smallest absolute Gasteiger partial charge is 0.186 e. The quantitative estimate of drug-likeness (QED) is 0.631. The summed E-state index contributed by atoms with van der Waals surface area (Å²) < 4.78 is 13.3. The maximum absolute atomic E-state index is 5.45. The van der Waals surface area contributed by atoms with E-state index < -0.39 is 0 Å². The van der Waals surface area contributed by atoms with Crippen LogP contribution in [0.2, 0.25) is 0 Å². The first-order chi connectivity index (χ1) is 5.29. The van der Waals surface area contributed by atoms with Gasteiger partial charge in [0.25, 0.3) is 0 Å². The van der Waals surface area contributed by atoms with Gasteiger partial charge in [-0.15, -0.1) is 11.3 Å². The predicted octanol–water partition coefficient (Wildman–Crippen LogP) is 2.73. The normalized spacial score (nSPS) is 15.1. The molecular formula is C6H4I2O2S. The van der Waals surface area contributed by atoms with Crippen LogP contribution in [0.3, 0.4) is 0 Å². The number of fused-ring (bicyclic) bond motifs is 1. The summed E-state index contributed by atoms with van der Waals surface area (Å²) in [6.07, 6.45) is 0. The molecule has 1 aliphatic heterocycles. The number of thiophene rings is 1. The van der Waals surface area contributed by atoms with E-state index in [1.54, 1.807) is 11.3 Å². The monoisotopic (exact) mass is 394 g/mol. The van der Waals surface area contributed by atoms with Gasteiger partial charge in [-0.1, -0.05) is 0 Å². The van der Waals surface area contributed by atoms with Crippen molar-refractivity contribution in [3.8, 4) is 11.5 Å². The van der Waals surface area contributed by atoms with Crippen molar-refractivity contribution in [3.05, 3.63) is 5.77 Å². The second-order valence-corrected chi connectivity index (χ2v) is 6.65. The second kappa shape index (κ2) is 3.25. The third-order valence-corrected chi connectivity index (χ3v) is 4.35. The molecule has 0 radical (unpaired) electrons. The second-order valence-electron chi connectivity index (χ2n) is 2.00. The minimum atomic E-state index is 0.676. The van der Waals surface area contributed by atoms with E-state index in [1.807, 2.05) is 0 Å². The number of hydrogen-bond donors (Lipinski definition) is 0. The Labute approximate surface area is 95.5 Å². The van der Waals surface area contributed by atoms with Gasteiger partial charge >= 0.3 is 0 Å². The molecule has 0 atom stereocenters. The van der Waals surface area contributed by atoms with Gasteiger partial charge in [0, 0.05) is 0 Å². The van der Waals surface area contributed by atoms with Crippen LogP contribution in [0.5, 0.6) is 11.5 Å². The molecule has 5 heteroatoms. The van der Waals surface area contributed by atoms with E-state index in [-0.39, 0.29) is 0 Å². The number of halogens is 2. The highest BCUT2D eigenvalue weighted by molar-refractivity contribution is 14.1. The fourth-order valence-electron chi connectivity index (χ4n) is 0.882. The zero-order valence-corrected chi connectivity index (χ0v) is 10.5. The first kappa shape index (κ1) is 8.36. The number of ether oxygens (including phenoxy) is 2. The molecule has 2 nitrogen and oxygen atoms in total. The standard InChI is InChI=1S/C6H4I2O2S/c7-5-3-4(6(8)11-5)10-2-1-9-3/h1-2H2. The molecule has 0 amide bonds. The highest BCUT2D eigenvalue weighted by Gasteiger charge is 2.21. The third-order valence-electron chi connectivity index (χ3n) is 1.32. The average molecular weight is 394 g/mol. The van der Waals surface area contributed by atoms with E-state index >= 15 is 0 Å². The Morgan fingerprint density at radius 2 is 1.45 bits per heavy atom. The summed E-state index contributed by atoms with van der Waals surface area (Å²) >= 11 is 6.25. The zero-order valence-electron chi connectivity index (χ0n) is 5.39. The van der Waals surface area contributed by atoms with Crippen LogP contribution in [-0.2, 0) is 0 Å². The molecule has 0 spiro atoms. The molecule has 2 rings (SSSR count). The first-order valence-electron chi connectivity index (χ1n) is 3.02. The summed E-state index contributed by atoms with van der Waals surface area (Å²) in [5.74, 6) is 1.87. The SMILES string of the molecule is Ic1sc(I)c2c1OCCO2. The van der Waals surface area contributed by atoms with Gasteiger partial charge in [0.05, 0.1) is 0 Å². The Bertz CT molecular complexity index is 258. The Morgan fingerprint density at radius 1 is 1.00 bits per heavy atom. The fraction of sp³-hybridized carbons (Fsp3) is 0.333. The Balaban J connectivity index is 2.52. The van der Waals surface area contributed by atoms with Crippen molar-refractivity contribution in [2.45, 2.75) is 0 Å². The summed E-state index contributed by atoms with van der Waals surface area (Å²) in [6, 6.07) is 0. The number of rotatable bonds is 0. The maximum Gasteiger partial charge on any atom is 0.186 e. The molecule has 0 N–H and O–H groups in total. The molecule has 0 saturated carbocycles. The van der Waals surface area contributed by atoms with Gasteiger partial charge in [-0.2, -0.15) is 0 Å². The van der Waals surface area contributed by atoms with Crippen molar-refractivity contribution in [1.29, 1.82) is 0 Å². The average Bonchev–Trinajstić information content (AvgIpc) is 2.30. The van der Waals surface area contributed by atoms with Gasteiger partial charge in [-0.05, 0) is 45.2 Å². The number of hydrogen-bond acceptors (Lipinski definition) is 3. The van der Waals surface area contributed by atoms with Crippen LogP contribution < -0.4 is 9.47 Å². The minimum Gasteiger partial charge on any atom is -0.484 e. The molecule has 2 heterocycles. The van der Waals surface area contributed by atoms with Crippen molar-refractivity contribution in [2.24, 2.45) is 0 Å². The van der Waals surface area contributed by atoms with Crippen molar-refractivity contribution < 1.29 is 9.47 Å². The molecule has 0 fully saturated rings. The molecule has 0 aliphatic carbocycles. The Kier molecular flexibility index (Phi) is 2.47. The molecular weight excluding hydrogens is 390 g/mol. The van der Waals surface area contributed by atoms with Crippen LogP contribution >= 0.6 is 56.5 Å². The summed E-state index contributed by atoms with van der Waals surface area (Å²) in [7, 11) is 0. The molecule has 11 heavy (non-hydrogen) atoms. The van der Waals surface area contributed by atoms with Crippen LogP contribution in [0, 0.1) is 5.77 Å². The van der Waals surface area contributed by atoms with E-state index in [4.69, 9.17) is 9.47 Å². The van der Waals surface area contributed by atoms with Crippen LogP contribution in [0.1, 0.15) is 0 Å². The van der Waals surface area contributed by atoms with Crippen LogP contribution in [0.4, 0.5) is 0 Å². The molecule has 0 unspecified atom stereocenters. The molecule has 0 saturated heterocycles. The lowest BCUT2D eigenvalue weighted by molar-refractivity contribution is 0.171. The first-order valence-corrected chi connectivity index (χ1v) is 6.00. The highest BCUT2D eigenvalue weighted by atomic mass is 127. The highest BCUT2D eigenvalue weighted by Crippen LogP contribution is 2.44. The van der Waals surface area contributed by atoms with Gasteiger partial charge in [-0.25, -0.2) is 0 Å². The summed E-state index contributed by atoms with van der Waals surface area (Å²) in [5, 5.41) is 0. The summed E-state index contributed by atoms with van der Waals surface area (Å²) in [6.45, 7) is 1.35. The lowest BCUT2D eigenvalue weighted by Crippen LogP contribution is -2.14. The molecule has 1 aromatic heterocycles. The van der Waals surface area contributed by atoms with E-state index in [0.717, 1.165) is 11.5 Å². The van der Waals surface area contributed by atoms with Crippen LogP contribution in [0.25, 0.3) is 0 Å². The lowest BCUT2D eigenvalue weighted by atomic mass is 10.5. The van der Waals surface area contributed by atoms with E-state index in [2.05, 4.69) is 45.2 Å². The third kappa shape index (κ3) is 1.46. The molecule has 0 aromatic carbocycles. The van der Waals surface area contributed by atoms with Crippen LogP contribution in [0.15, 0.2) is 0 Å². The zero-order chi connectivity index (χ0) is 7.84. The minimum absolute atomic E-state index is 0.676. The Morgan fingerprint density at radius 3 is 1.91 bits per heavy atom. The van der Waals surface area contributed by atoms with E-state index in [0.29, 0.717) is 13.2 Å². The van der Waals surface area contributed by atoms with Crippen molar-refractivity contribution >= 4 is 56.5 Å². The molecule has 0 bridgehead atoms. The predicted molar refractivity (Wildman–Crippen MR) is 60.7 cm³/mol. The Hall–Kier alpha value is 0.760. The van der Waals surface area contributed by atoms with Gasteiger partial charge in [0.1, 0.15) is 19.0 Å². The largest absolute Gasteiger partial charge is 0.484 e. The van der Waals surface area contributed by atoms with Gasteiger partial charge in [0.15, 0.2) is 11.5 Å². The van der Waals surface area contributed by atoms with Crippen molar-refractivity contribution in [3.63, 3.8) is 0 Å². The van der Waals surface area contributed by atoms with Gasteiger partial charge in [-0.3, -0.25) is 0 Å². The topological polar surface area (TPSA) is 18.5 Å². The molecule has 1 aromatic rings. The fourth-order valence-corrected chi connectivity index (χ4v) is 4.91. The lowest BCUT2D eigenvalue weighted by Gasteiger charge is -2.15. The van der Waals surface area contributed by atoms with E-state index in [9.17, 15) is 0 Å².